The van der Waals surface area contributed by atoms with Crippen molar-refractivity contribution < 1.29 is 42.1 Å². The number of esters is 2. The average Bonchev–Trinajstić information content (AvgIpc) is 3.17. The third kappa shape index (κ3) is 42.5. The molecule has 0 aromatic carbocycles. The van der Waals surface area contributed by atoms with Crippen LogP contribution < -0.4 is 0 Å². The molecule has 0 amide bonds. The molecule has 1 unspecified atom stereocenters. The minimum Gasteiger partial charge on any atom is -0.462 e. The molecule has 0 aliphatic heterocycles. The van der Waals surface area contributed by atoms with Gasteiger partial charge in [0.05, 0.1) is 27.7 Å². The molecule has 0 fully saturated rings. The highest BCUT2D eigenvalue weighted by atomic mass is 31.2. The molecule has 10 heteroatoms. The first kappa shape index (κ1) is 54.9. The van der Waals surface area contributed by atoms with Crippen molar-refractivity contribution in [3.8, 4) is 0 Å². The van der Waals surface area contributed by atoms with Crippen molar-refractivity contribution in [3.05, 3.63) is 97.2 Å². The molecule has 0 aromatic rings. The lowest BCUT2D eigenvalue weighted by Gasteiger charge is -2.24. The van der Waals surface area contributed by atoms with E-state index in [1.54, 1.807) is 0 Å². The van der Waals surface area contributed by atoms with Gasteiger partial charge in [0.2, 0.25) is 0 Å². The fourth-order valence-corrected chi connectivity index (χ4v) is 5.91. The van der Waals surface area contributed by atoms with Crippen LogP contribution in [0, 0.1) is 0 Å². The first-order valence-electron chi connectivity index (χ1n) is 22.0. The van der Waals surface area contributed by atoms with Gasteiger partial charge in [0.25, 0.3) is 0 Å². The normalized spacial score (nSPS) is 14.5. The van der Waals surface area contributed by atoms with Crippen LogP contribution in [0.15, 0.2) is 97.2 Å². The fourth-order valence-electron chi connectivity index (χ4n) is 5.17. The maximum Gasteiger partial charge on any atom is 0.472 e. The number of rotatable bonds is 38. The summed E-state index contributed by atoms with van der Waals surface area (Å²) in [6, 6.07) is 0. The van der Waals surface area contributed by atoms with Crippen LogP contribution in [0.25, 0.3) is 0 Å². The number of nitrogens with zero attached hydrogens (tertiary/aromatic N) is 1. The molecule has 0 aliphatic carbocycles. The van der Waals surface area contributed by atoms with Gasteiger partial charge in [-0.2, -0.15) is 0 Å². The van der Waals surface area contributed by atoms with Crippen molar-refractivity contribution in [1.29, 1.82) is 0 Å². The van der Waals surface area contributed by atoms with Crippen LogP contribution in [0.3, 0.4) is 0 Å². The van der Waals surface area contributed by atoms with Gasteiger partial charge in [0.15, 0.2) is 6.10 Å². The van der Waals surface area contributed by atoms with Gasteiger partial charge in [-0.25, -0.2) is 4.57 Å². The minimum absolute atomic E-state index is 0.0123. The first-order valence-corrected chi connectivity index (χ1v) is 23.5. The Morgan fingerprint density at radius 2 is 1.00 bits per heavy atom. The van der Waals surface area contributed by atoms with Crippen LogP contribution in [-0.2, 0) is 32.7 Å². The third-order valence-electron chi connectivity index (χ3n) is 8.60. The van der Waals surface area contributed by atoms with Crippen LogP contribution in [-0.4, -0.2) is 74.9 Å². The summed E-state index contributed by atoms with van der Waals surface area (Å²) in [5, 5.41) is 0. The zero-order valence-electron chi connectivity index (χ0n) is 37.0. The lowest BCUT2D eigenvalue weighted by atomic mass is 10.1. The highest BCUT2D eigenvalue weighted by molar-refractivity contribution is 7.47. The zero-order chi connectivity index (χ0) is 42.8. The van der Waals surface area contributed by atoms with E-state index in [2.05, 4.69) is 111 Å². The maximum absolute atomic E-state index is 12.7. The highest BCUT2D eigenvalue weighted by Crippen LogP contribution is 2.43. The Morgan fingerprint density at radius 1 is 0.552 bits per heavy atom. The van der Waals surface area contributed by atoms with E-state index >= 15 is 0 Å². The van der Waals surface area contributed by atoms with Gasteiger partial charge in [-0.15, -0.1) is 0 Å². The molecule has 1 N–H and O–H groups in total. The Kier molecular flexibility index (Phi) is 37.3. The molecule has 0 saturated heterocycles. The number of carbonyl (C=O) groups is 2. The number of phosphoric ester groups is 1. The molecule has 0 heterocycles. The predicted octanol–water partition coefficient (Wildman–Crippen LogP) is 12.6. The minimum atomic E-state index is -4.40. The summed E-state index contributed by atoms with van der Waals surface area (Å²) in [5.74, 6) is -0.903. The van der Waals surface area contributed by atoms with Gasteiger partial charge in [-0.05, 0) is 89.9 Å². The number of hydrogen-bond acceptors (Lipinski definition) is 7. The summed E-state index contributed by atoms with van der Waals surface area (Å²) in [4.78, 5) is 35.4. The third-order valence-corrected chi connectivity index (χ3v) is 9.58. The molecule has 0 aromatic heterocycles. The van der Waals surface area contributed by atoms with E-state index in [1.807, 2.05) is 21.1 Å². The molecule has 330 valence electrons. The zero-order valence-corrected chi connectivity index (χ0v) is 37.9. The molecule has 0 aliphatic rings. The lowest BCUT2D eigenvalue weighted by molar-refractivity contribution is -0.870. The van der Waals surface area contributed by atoms with Crippen LogP contribution in [0.2, 0.25) is 0 Å². The Balaban J connectivity index is 4.53. The number of allylic oxidation sites excluding steroid dienone is 16. The molecule has 2 atom stereocenters. The molecule has 0 rings (SSSR count). The number of ether oxygens (including phenoxy) is 2. The van der Waals surface area contributed by atoms with Crippen molar-refractivity contribution in [2.24, 2.45) is 0 Å². The molecule has 0 bridgehead atoms. The Hall–Kier alpha value is -3.07. The van der Waals surface area contributed by atoms with Crippen LogP contribution in [0.5, 0.6) is 0 Å². The summed E-state index contributed by atoms with van der Waals surface area (Å²) < 4.78 is 34.2. The monoisotopic (exact) mass is 831 g/mol. The number of carbonyl (C=O) groups excluding carboxylic acids is 2. The molecule has 9 nitrogen and oxygen atoms in total. The second kappa shape index (κ2) is 39.4. The van der Waals surface area contributed by atoms with Crippen molar-refractivity contribution >= 4 is 19.8 Å². The van der Waals surface area contributed by atoms with E-state index in [1.165, 1.54) is 25.7 Å². The van der Waals surface area contributed by atoms with E-state index in [-0.39, 0.29) is 26.1 Å². The van der Waals surface area contributed by atoms with Crippen molar-refractivity contribution in [3.63, 3.8) is 0 Å². The van der Waals surface area contributed by atoms with Gasteiger partial charge < -0.3 is 18.9 Å². The molecule has 0 spiro atoms. The standard InChI is InChI=1S/C48H80NO8P/c1-6-8-10-12-14-16-18-20-22-24-26-28-30-32-34-36-38-40-47(50)54-44-46(45-56-58(52,53)55-43-42-49(3,4)5)57-48(51)41-39-37-35-33-31-29-27-25-23-21-19-17-15-13-11-9-7-2/h9,11,14-17,20-23,26-29,32,34,46H,6-8,10,12-13,18-19,24-25,30-31,33,35-45H2,1-5H3/p+1/b11-9-,16-14-,17-15-,22-20-,23-21-,28-26-,29-27-,34-32-/t46-/m1/s1. The predicted molar refractivity (Wildman–Crippen MR) is 242 cm³/mol. The number of hydrogen-bond donors (Lipinski definition) is 1. The van der Waals surface area contributed by atoms with Crippen molar-refractivity contribution in [1.82, 2.24) is 0 Å². The number of quaternary nitrogens is 1. The molecule has 58 heavy (non-hydrogen) atoms. The lowest BCUT2D eigenvalue weighted by Crippen LogP contribution is -2.37. The maximum atomic E-state index is 12.7. The van der Waals surface area contributed by atoms with Crippen molar-refractivity contribution in [2.45, 2.75) is 148 Å². The van der Waals surface area contributed by atoms with Gasteiger partial charge >= 0.3 is 19.8 Å². The van der Waals surface area contributed by atoms with Gasteiger partial charge in [0, 0.05) is 12.8 Å². The van der Waals surface area contributed by atoms with E-state index in [9.17, 15) is 19.0 Å². The van der Waals surface area contributed by atoms with Crippen LogP contribution >= 0.6 is 7.82 Å². The Bertz CT molecular complexity index is 1300. The number of likely N-dealkylation sites (N-methyl/N-ethyl adjacent to an activating group) is 1. The summed E-state index contributed by atoms with van der Waals surface area (Å²) in [6.45, 7) is 4.16. The Labute approximate surface area is 353 Å². The van der Waals surface area contributed by atoms with Crippen molar-refractivity contribution in [2.75, 3.05) is 47.5 Å². The SMILES string of the molecule is CC/C=C\C/C=C\C/C=C\C/C=C\CCCCCCC(=O)O[C@H](COC(=O)CCC/C=C\C/C=C\C/C=C\C/C=C\CCCCC)COP(=O)(O)OCC[N+](C)(C)C. The molecular formula is C48H81NO8P+. The summed E-state index contributed by atoms with van der Waals surface area (Å²) in [7, 11) is 1.41. The largest absolute Gasteiger partial charge is 0.472 e. The summed E-state index contributed by atoms with van der Waals surface area (Å²) in [6.07, 6.45) is 51.8. The molecular weight excluding hydrogens is 750 g/mol. The quantitative estimate of drug-likeness (QED) is 0.0215. The second-order valence-corrected chi connectivity index (χ2v) is 16.8. The van der Waals surface area contributed by atoms with E-state index in [0.717, 1.165) is 77.0 Å². The smallest absolute Gasteiger partial charge is 0.462 e. The second-order valence-electron chi connectivity index (χ2n) is 15.3. The van der Waals surface area contributed by atoms with Gasteiger partial charge in [-0.1, -0.05) is 137 Å². The number of phosphoric acid groups is 1. The van der Waals surface area contributed by atoms with Gasteiger partial charge in [0.1, 0.15) is 19.8 Å². The topological polar surface area (TPSA) is 108 Å². The van der Waals surface area contributed by atoms with E-state index in [4.69, 9.17) is 18.5 Å². The van der Waals surface area contributed by atoms with E-state index < -0.39 is 32.5 Å². The first-order chi connectivity index (χ1) is 28.0. The molecule has 0 saturated carbocycles. The number of unbranched alkanes of at least 4 members (excludes halogenated alkanes) is 8. The Morgan fingerprint density at radius 3 is 1.50 bits per heavy atom. The van der Waals surface area contributed by atoms with Gasteiger partial charge in [-0.3, -0.25) is 18.6 Å². The summed E-state index contributed by atoms with van der Waals surface area (Å²) >= 11 is 0. The molecule has 0 radical (unpaired) electrons. The summed E-state index contributed by atoms with van der Waals surface area (Å²) in [5.41, 5.74) is 0. The van der Waals surface area contributed by atoms with E-state index in [0.29, 0.717) is 23.9 Å². The van der Waals surface area contributed by atoms with Crippen LogP contribution in [0.1, 0.15) is 142 Å². The van der Waals surface area contributed by atoms with Crippen LogP contribution in [0.4, 0.5) is 0 Å². The average molecular weight is 831 g/mol. The highest BCUT2D eigenvalue weighted by Gasteiger charge is 2.27. The fraction of sp³-hybridized carbons (Fsp3) is 0.625.